The van der Waals surface area contributed by atoms with Crippen LogP contribution in [0.2, 0.25) is 19.6 Å². The highest BCUT2D eigenvalue weighted by Gasteiger charge is 2.33. The Morgan fingerprint density at radius 1 is 1.10 bits per heavy atom. The first-order chi connectivity index (χ1) is 18.9. The van der Waals surface area contributed by atoms with E-state index in [9.17, 15) is 4.55 Å². The molecule has 0 fully saturated rings. The van der Waals surface area contributed by atoms with Crippen LogP contribution in [0.15, 0.2) is 71.5 Å². The molecule has 2 atom stereocenters. The van der Waals surface area contributed by atoms with Crippen LogP contribution in [-0.4, -0.2) is 37.7 Å². The fraction of sp³-hybridized carbons (Fsp3) is 0.300. The van der Waals surface area contributed by atoms with Gasteiger partial charge in [-0.3, -0.25) is 5.10 Å². The maximum absolute atomic E-state index is 16.2. The monoisotopic (exact) mass is 575 g/mol. The molecule has 0 bridgehead atoms. The quantitative estimate of drug-likeness (QED) is 0.166. The number of H-pyrrole nitrogens is 1. The number of nitrogens with one attached hydrogen (secondary N) is 2. The molecule has 3 aromatic heterocycles. The molecule has 0 saturated carbocycles. The van der Waals surface area contributed by atoms with E-state index in [1.165, 1.54) is 0 Å². The summed E-state index contributed by atoms with van der Waals surface area (Å²) in [5, 5.41) is 12.8. The second-order valence-corrected chi connectivity index (χ2v) is 19.0. The molecule has 1 unspecified atom stereocenters. The van der Waals surface area contributed by atoms with E-state index in [1.54, 1.807) is 12.4 Å². The van der Waals surface area contributed by atoms with Gasteiger partial charge in [-0.1, -0.05) is 61.2 Å². The van der Waals surface area contributed by atoms with Gasteiger partial charge in [-0.05, 0) is 49.7 Å². The summed E-state index contributed by atoms with van der Waals surface area (Å²) in [6.45, 7) is 12.1. The van der Waals surface area contributed by atoms with Gasteiger partial charge >= 0.3 is 0 Å². The van der Waals surface area contributed by atoms with E-state index in [0.717, 1.165) is 22.1 Å². The van der Waals surface area contributed by atoms with Crippen molar-refractivity contribution in [3.05, 3.63) is 84.1 Å². The molecule has 10 heteroatoms. The fourth-order valence-corrected chi connectivity index (χ4v) is 6.81. The molecule has 5 rings (SSSR count). The van der Waals surface area contributed by atoms with Crippen LogP contribution in [0.4, 0.5) is 4.39 Å². The number of nitrogens with zero attached hydrogens (tertiary/aromatic N) is 3. The van der Waals surface area contributed by atoms with Crippen molar-refractivity contribution in [3.63, 3.8) is 0 Å². The van der Waals surface area contributed by atoms with E-state index in [1.807, 2.05) is 75.4 Å². The SMILES string of the molecule is CC(C)(C)[S+]([O-])N[C@@H](Cc1nc(-c2cn[nH]c2)cc([Si](C)(C)C)c1F)c1ccccc1-c1noc2ccccc12. The third-order valence-corrected chi connectivity index (χ3v) is 10.4. The van der Waals surface area contributed by atoms with E-state index in [0.29, 0.717) is 27.9 Å². The second kappa shape index (κ2) is 10.9. The third kappa shape index (κ3) is 5.76. The summed E-state index contributed by atoms with van der Waals surface area (Å²) in [6.07, 6.45) is 3.63. The van der Waals surface area contributed by atoms with Crippen LogP contribution in [0.25, 0.3) is 33.5 Å². The Balaban J connectivity index is 1.66. The van der Waals surface area contributed by atoms with E-state index in [-0.39, 0.29) is 12.2 Å². The van der Waals surface area contributed by atoms with E-state index in [4.69, 9.17) is 9.51 Å². The summed E-state index contributed by atoms with van der Waals surface area (Å²) in [6, 6.07) is 16.8. The Morgan fingerprint density at radius 3 is 2.52 bits per heavy atom. The number of benzene rings is 2. The summed E-state index contributed by atoms with van der Waals surface area (Å²) in [5.41, 5.74) is 4.79. The van der Waals surface area contributed by atoms with Gasteiger partial charge in [0.25, 0.3) is 0 Å². The van der Waals surface area contributed by atoms with Gasteiger partial charge in [-0.2, -0.15) is 5.10 Å². The molecule has 7 nitrogen and oxygen atoms in total. The molecule has 0 saturated heterocycles. The average Bonchev–Trinajstić information content (AvgIpc) is 3.59. The molecule has 40 heavy (non-hydrogen) atoms. The van der Waals surface area contributed by atoms with Crippen molar-refractivity contribution in [1.82, 2.24) is 25.1 Å². The van der Waals surface area contributed by atoms with Crippen molar-refractivity contribution in [2.24, 2.45) is 0 Å². The standard InChI is InChI=1S/C30H34FN5O2SSi/c1-30(2,3)39(37)36-24(20-11-7-8-12-21(20)29-22-13-9-10-14-26(22)38-35-29)15-25-28(31)27(40(4,5)6)16-23(34-25)19-17-32-33-18-19/h7-14,16-18,24,36H,15H2,1-6H3,(H,32,33)/t24-,39?/m0/s1. The minimum absolute atomic E-state index is 0.184. The number of aromatic nitrogens is 4. The van der Waals surface area contributed by atoms with Gasteiger partial charge in [0.1, 0.15) is 16.3 Å². The molecule has 2 N–H and O–H groups in total. The highest BCUT2D eigenvalue weighted by molar-refractivity contribution is 7.90. The average molecular weight is 576 g/mol. The molecule has 0 spiro atoms. The minimum atomic E-state index is -2.08. The van der Waals surface area contributed by atoms with Crippen molar-refractivity contribution in [2.45, 2.75) is 57.6 Å². The number of pyridine rings is 1. The van der Waals surface area contributed by atoms with Crippen LogP contribution in [0.5, 0.6) is 0 Å². The largest absolute Gasteiger partial charge is 0.598 e. The molecule has 0 radical (unpaired) electrons. The molecule has 5 aromatic rings. The van der Waals surface area contributed by atoms with Crippen LogP contribution in [0.3, 0.4) is 0 Å². The van der Waals surface area contributed by atoms with Gasteiger partial charge in [-0.15, -0.1) is 4.72 Å². The number of rotatable bonds is 8. The van der Waals surface area contributed by atoms with Crippen molar-refractivity contribution in [3.8, 4) is 22.5 Å². The van der Waals surface area contributed by atoms with Gasteiger partial charge in [0.2, 0.25) is 0 Å². The Labute approximate surface area is 237 Å². The summed E-state index contributed by atoms with van der Waals surface area (Å²) in [4.78, 5) is 4.78. The maximum Gasteiger partial charge on any atom is 0.167 e. The molecule has 3 heterocycles. The first kappa shape index (κ1) is 28.2. The summed E-state index contributed by atoms with van der Waals surface area (Å²) < 4.78 is 38.1. The molecule has 208 valence electrons. The summed E-state index contributed by atoms with van der Waals surface area (Å²) >= 11 is -1.44. The molecule has 0 aliphatic carbocycles. The van der Waals surface area contributed by atoms with E-state index < -0.39 is 30.2 Å². The van der Waals surface area contributed by atoms with Crippen molar-refractivity contribution < 1.29 is 13.5 Å². The Kier molecular flexibility index (Phi) is 7.71. The zero-order valence-electron chi connectivity index (χ0n) is 23.6. The van der Waals surface area contributed by atoms with Crippen LogP contribution >= 0.6 is 0 Å². The Hall–Kier alpha value is -3.31. The van der Waals surface area contributed by atoms with Crippen LogP contribution in [0, 0.1) is 5.82 Å². The van der Waals surface area contributed by atoms with E-state index in [2.05, 4.69) is 39.7 Å². The molecule has 0 aliphatic rings. The third-order valence-electron chi connectivity index (χ3n) is 6.80. The van der Waals surface area contributed by atoms with Crippen LogP contribution in [-0.2, 0) is 17.8 Å². The maximum atomic E-state index is 16.2. The highest BCUT2D eigenvalue weighted by Crippen LogP contribution is 2.35. The normalized spacial score (nSPS) is 14.0. The number of para-hydroxylation sites is 1. The number of hydrogen-bond acceptors (Lipinski definition) is 6. The number of aromatic amines is 1. The zero-order chi connectivity index (χ0) is 28.7. The van der Waals surface area contributed by atoms with Gasteiger partial charge in [0.05, 0.1) is 31.7 Å². The topological polar surface area (TPSA) is 103 Å². The first-order valence-corrected chi connectivity index (χ1v) is 17.9. The van der Waals surface area contributed by atoms with Crippen molar-refractivity contribution in [1.29, 1.82) is 0 Å². The second-order valence-electron chi connectivity index (χ2n) is 11.9. The van der Waals surface area contributed by atoms with E-state index >= 15 is 4.39 Å². The highest BCUT2D eigenvalue weighted by atomic mass is 32.2. The predicted octanol–water partition coefficient (Wildman–Crippen LogP) is 6.30. The van der Waals surface area contributed by atoms with Crippen molar-refractivity contribution >= 4 is 35.6 Å². The lowest BCUT2D eigenvalue weighted by Crippen LogP contribution is -2.43. The Bertz CT molecular complexity index is 1630. The van der Waals surface area contributed by atoms with Crippen LogP contribution in [0.1, 0.15) is 38.1 Å². The fourth-order valence-electron chi connectivity index (χ4n) is 4.61. The summed E-state index contributed by atoms with van der Waals surface area (Å²) in [7, 11) is -2.08. The lowest BCUT2D eigenvalue weighted by atomic mass is 9.94. The predicted molar refractivity (Wildman–Crippen MR) is 162 cm³/mol. The van der Waals surface area contributed by atoms with Crippen molar-refractivity contribution in [2.75, 3.05) is 0 Å². The molecular formula is C30H34FN5O2SSi. The minimum Gasteiger partial charge on any atom is -0.598 e. The lowest BCUT2D eigenvalue weighted by molar-refractivity contribution is 0.459. The zero-order valence-corrected chi connectivity index (χ0v) is 25.4. The molecule has 0 amide bonds. The van der Waals surface area contributed by atoms with Gasteiger partial charge in [-0.25, -0.2) is 9.37 Å². The molecular weight excluding hydrogens is 542 g/mol. The molecule has 2 aromatic carbocycles. The smallest absolute Gasteiger partial charge is 0.167 e. The molecule has 0 aliphatic heterocycles. The number of fused-ring (bicyclic) bond motifs is 1. The van der Waals surface area contributed by atoms with Crippen LogP contribution < -0.4 is 9.91 Å². The van der Waals surface area contributed by atoms with Gasteiger partial charge < -0.3 is 9.08 Å². The Morgan fingerprint density at radius 2 is 1.82 bits per heavy atom. The number of hydrogen-bond donors (Lipinski definition) is 2. The van der Waals surface area contributed by atoms with Gasteiger partial charge in [0, 0.05) is 40.5 Å². The van der Waals surface area contributed by atoms with Gasteiger partial charge in [0.15, 0.2) is 5.58 Å². The number of halogens is 1. The lowest BCUT2D eigenvalue weighted by Gasteiger charge is -2.29. The summed E-state index contributed by atoms with van der Waals surface area (Å²) in [5.74, 6) is -0.302. The first-order valence-electron chi connectivity index (χ1n) is 13.2.